The van der Waals surface area contributed by atoms with Crippen LogP contribution in [0.25, 0.3) is 0 Å². The highest BCUT2D eigenvalue weighted by atomic mass is 16.2. The molecule has 1 aliphatic heterocycles. The summed E-state index contributed by atoms with van der Waals surface area (Å²) >= 11 is 0. The van der Waals surface area contributed by atoms with Crippen LogP contribution in [0.2, 0.25) is 0 Å². The summed E-state index contributed by atoms with van der Waals surface area (Å²) < 4.78 is 0. The molecule has 6 nitrogen and oxygen atoms in total. The Bertz CT molecular complexity index is 699. The predicted molar refractivity (Wildman–Crippen MR) is 94.7 cm³/mol. The zero-order valence-electron chi connectivity index (χ0n) is 14.8. The van der Waals surface area contributed by atoms with Gasteiger partial charge >= 0.3 is 0 Å². The summed E-state index contributed by atoms with van der Waals surface area (Å²) in [7, 11) is 0. The van der Waals surface area contributed by atoms with Crippen LogP contribution in [0.5, 0.6) is 0 Å². The SMILES string of the molecule is CC(C)CC(=O)NNC(=O)C1CC(=O)N(c2ccc3c(c2)CCC3)C1. The number of nitrogens with zero attached hydrogens (tertiary/aromatic N) is 1. The molecule has 6 heteroatoms. The lowest BCUT2D eigenvalue weighted by atomic mass is 10.1. The first-order valence-corrected chi connectivity index (χ1v) is 8.95. The number of fused-ring (bicyclic) bond motifs is 1. The zero-order valence-corrected chi connectivity index (χ0v) is 14.8. The molecule has 0 saturated carbocycles. The number of hydrazine groups is 1. The molecule has 1 aliphatic carbocycles. The lowest BCUT2D eigenvalue weighted by molar-refractivity contribution is -0.131. The Labute approximate surface area is 147 Å². The van der Waals surface area contributed by atoms with Crippen LogP contribution in [0.1, 0.15) is 44.2 Å². The summed E-state index contributed by atoms with van der Waals surface area (Å²) in [4.78, 5) is 37.9. The second kappa shape index (κ2) is 7.25. The average Bonchev–Trinajstić information content (AvgIpc) is 3.17. The third-order valence-electron chi connectivity index (χ3n) is 4.81. The number of nitrogens with one attached hydrogen (secondary N) is 2. The number of hydrogen-bond donors (Lipinski definition) is 2. The van der Waals surface area contributed by atoms with Crippen molar-refractivity contribution in [2.75, 3.05) is 11.4 Å². The van der Waals surface area contributed by atoms with E-state index in [4.69, 9.17) is 0 Å². The highest BCUT2D eigenvalue weighted by molar-refractivity contribution is 6.00. The van der Waals surface area contributed by atoms with Gasteiger partial charge in [-0.2, -0.15) is 0 Å². The first kappa shape index (κ1) is 17.5. The first-order valence-electron chi connectivity index (χ1n) is 8.95. The summed E-state index contributed by atoms with van der Waals surface area (Å²) in [5.74, 6) is -0.802. The van der Waals surface area contributed by atoms with Gasteiger partial charge in [0, 0.05) is 25.1 Å². The smallest absolute Gasteiger partial charge is 0.243 e. The van der Waals surface area contributed by atoms with E-state index < -0.39 is 5.92 Å². The van der Waals surface area contributed by atoms with E-state index in [-0.39, 0.29) is 30.1 Å². The van der Waals surface area contributed by atoms with Crippen molar-refractivity contribution in [3.8, 4) is 0 Å². The van der Waals surface area contributed by atoms with Crippen LogP contribution >= 0.6 is 0 Å². The normalized spacial score (nSPS) is 19.2. The summed E-state index contributed by atoms with van der Waals surface area (Å²) in [5.41, 5.74) is 8.40. The van der Waals surface area contributed by atoms with E-state index in [1.165, 1.54) is 11.1 Å². The van der Waals surface area contributed by atoms with E-state index in [0.717, 1.165) is 24.9 Å². The molecule has 2 aliphatic rings. The summed E-state index contributed by atoms with van der Waals surface area (Å²) in [6.07, 6.45) is 3.84. The fourth-order valence-corrected chi connectivity index (χ4v) is 3.51. The molecule has 3 rings (SSSR count). The molecule has 1 atom stereocenters. The lowest BCUT2D eigenvalue weighted by Gasteiger charge is -2.18. The summed E-state index contributed by atoms with van der Waals surface area (Å²) in [6.45, 7) is 4.22. The molecule has 0 bridgehead atoms. The van der Waals surface area contributed by atoms with Gasteiger partial charge in [0.25, 0.3) is 0 Å². The van der Waals surface area contributed by atoms with Crippen molar-refractivity contribution in [3.05, 3.63) is 29.3 Å². The number of carbonyl (C=O) groups is 3. The van der Waals surface area contributed by atoms with Gasteiger partial charge in [0.05, 0.1) is 5.92 Å². The van der Waals surface area contributed by atoms with Crippen molar-refractivity contribution in [2.45, 2.75) is 46.0 Å². The minimum atomic E-state index is -0.444. The topological polar surface area (TPSA) is 78.5 Å². The quantitative estimate of drug-likeness (QED) is 0.817. The van der Waals surface area contributed by atoms with E-state index in [1.807, 2.05) is 19.9 Å². The van der Waals surface area contributed by atoms with Crippen LogP contribution < -0.4 is 15.8 Å². The van der Waals surface area contributed by atoms with Crippen molar-refractivity contribution < 1.29 is 14.4 Å². The second-order valence-corrected chi connectivity index (χ2v) is 7.35. The molecule has 1 aromatic carbocycles. The minimum absolute atomic E-state index is 0.0494. The van der Waals surface area contributed by atoms with Crippen molar-refractivity contribution in [3.63, 3.8) is 0 Å². The Balaban J connectivity index is 1.58. The van der Waals surface area contributed by atoms with Gasteiger partial charge in [-0.1, -0.05) is 19.9 Å². The summed E-state index contributed by atoms with van der Waals surface area (Å²) in [6, 6.07) is 6.13. The molecule has 25 heavy (non-hydrogen) atoms. The molecule has 1 fully saturated rings. The molecule has 1 aromatic rings. The van der Waals surface area contributed by atoms with Gasteiger partial charge in [0.15, 0.2) is 0 Å². The Morgan fingerprint density at radius 1 is 1.20 bits per heavy atom. The standard InChI is InChI=1S/C19H25N3O3/c1-12(2)8-17(23)20-21-19(25)15-10-18(24)22(11-15)16-7-6-13-4-3-5-14(13)9-16/h6-7,9,12,15H,3-5,8,10-11H2,1-2H3,(H,20,23)(H,21,25). The molecule has 134 valence electrons. The number of rotatable bonds is 4. The van der Waals surface area contributed by atoms with Crippen LogP contribution in [0.15, 0.2) is 18.2 Å². The van der Waals surface area contributed by atoms with Crippen LogP contribution in [-0.4, -0.2) is 24.3 Å². The monoisotopic (exact) mass is 343 g/mol. The first-order chi connectivity index (χ1) is 11.9. The van der Waals surface area contributed by atoms with E-state index in [2.05, 4.69) is 23.0 Å². The molecular weight excluding hydrogens is 318 g/mol. The predicted octanol–water partition coefficient (Wildman–Crippen LogP) is 1.72. The molecule has 0 spiro atoms. The van der Waals surface area contributed by atoms with Gasteiger partial charge in [-0.25, -0.2) is 0 Å². The van der Waals surface area contributed by atoms with Gasteiger partial charge < -0.3 is 4.90 Å². The molecule has 3 amide bonds. The number of anilines is 1. The Kier molecular flexibility index (Phi) is 5.06. The van der Waals surface area contributed by atoms with Gasteiger partial charge in [-0.05, 0) is 48.4 Å². The number of benzene rings is 1. The zero-order chi connectivity index (χ0) is 18.0. The second-order valence-electron chi connectivity index (χ2n) is 7.35. The van der Waals surface area contributed by atoms with Crippen molar-refractivity contribution in [1.82, 2.24) is 10.9 Å². The van der Waals surface area contributed by atoms with Crippen molar-refractivity contribution in [2.24, 2.45) is 11.8 Å². The minimum Gasteiger partial charge on any atom is -0.312 e. The summed E-state index contributed by atoms with van der Waals surface area (Å²) in [5, 5.41) is 0. The maximum absolute atomic E-state index is 12.3. The van der Waals surface area contributed by atoms with Crippen molar-refractivity contribution >= 4 is 23.4 Å². The average molecular weight is 343 g/mol. The highest BCUT2D eigenvalue weighted by Gasteiger charge is 2.35. The lowest BCUT2D eigenvalue weighted by Crippen LogP contribution is -2.45. The van der Waals surface area contributed by atoms with Crippen molar-refractivity contribution in [1.29, 1.82) is 0 Å². The number of carbonyl (C=O) groups excluding carboxylic acids is 3. The van der Waals surface area contributed by atoms with E-state index >= 15 is 0 Å². The number of amides is 3. The largest absolute Gasteiger partial charge is 0.312 e. The molecule has 0 radical (unpaired) electrons. The van der Waals surface area contributed by atoms with Gasteiger partial charge in [-0.3, -0.25) is 25.2 Å². The van der Waals surface area contributed by atoms with E-state index in [9.17, 15) is 14.4 Å². The maximum atomic E-state index is 12.3. The molecule has 1 heterocycles. The van der Waals surface area contributed by atoms with Crippen LogP contribution in [0, 0.1) is 11.8 Å². The molecular formula is C19H25N3O3. The third kappa shape index (κ3) is 4.00. The molecule has 2 N–H and O–H groups in total. The molecule has 0 aromatic heterocycles. The number of hydrogen-bond acceptors (Lipinski definition) is 3. The van der Waals surface area contributed by atoms with Gasteiger partial charge in [0.1, 0.15) is 0 Å². The highest BCUT2D eigenvalue weighted by Crippen LogP contribution is 2.30. The Morgan fingerprint density at radius 3 is 2.72 bits per heavy atom. The van der Waals surface area contributed by atoms with Crippen LogP contribution in [0.3, 0.4) is 0 Å². The maximum Gasteiger partial charge on any atom is 0.243 e. The molecule has 1 unspecified atom stereocenters. The molecule has 1 saturated heterocycles. The Morgan fingerprint density at radius 2 is 1.96 bits per heavy atom. The van der Waals surface area contributed by atoms with Gasteiger partial charge in [0.2, 0.25) is 17.7 Å². The van der Waals surface area contributed by atoms with E-state index in [0.29, 0.717) is 13.0 Å². The number of aryl methyl sites for hydroxylation is 2. The van der Waals surface area contributed by atoms with Gasteiger partial charge in [-0.15, -0.1) is 0 Å². The fourth-order valence-electron chi connectivity index (χ4n) is 3.51. The van der Waals surface area contributed by atoms with E-state index in [1.54, 1.807) is 4.90 Å². The fraction of sp³-hybridized carbons (Fsp3) is 0.526. The van der Waals surface area contributed by atoms with Crippen LogP contribution in [-0.2, 0) is 27.2 Å². The Hall–Kier alpha value is -2.37. The van der Waals surface area contributed by atoms with Crippen LogP contribution in [0.4, 0.5) is 5.69 Å². The third-order valence-corrected chi connectivity index (χ3v) is 4.81.